The molecule has 0 aromatic heterocycles. The van der Waals surface area contributed by atoms with Gasteiger partial charge in [0, 0.05) is 48.7 Å². The first kappa shape index (κ1) is 35.8. The maximum atomic E-state index is 13.6. The van der Waals surface area contributed by atoms with Crippen LogP contribution >= 0.6 is 11.6 Å². The van der Waals surface area contributed by atoms with E-state index >= 15 is 0 Å². The molecule has 1 amide bonds. The van der Waals surface area contributed by atoms with Crippen molar-refractivity contribution in [3.05, 3.63) is 70.3 Å². The molecule has 7 rings (SSSR count). The van der Waals surface area contributed by atoms with Crippen LogP contribution in [-0.4, -0.2) is 89.7 Å². The van der Waals surface area contributed by atoms with Crippen LogP contribution in [0.3, 0.4) is 0 Å². The van der Waals surface area contributed by atoms with E-state index in [4.69, 9.17) is 25.8 Å². The molecule has 2 fully saturated rings. The minimum atomic E-state index is -3.92. The minimum absolute atomic E-state index is 0.00299. The lowest BCUT2D eigenvalue weighted by Crippen LogP contribution is -2.50. The second-order valence-electron chi connectivity index (χ2n) is 15.2. The van der Waals surface area contributed by atoms with Gasteiger partial charge in [-0.1, -0.05) is 43.7 Å². The Bertz CT molecular complexity index is 1680. The van der Waals surface area contributed by atoms with Crippen LogP contribution in [0.2, 0.25) is 5.02 Å². The summed E-state index contributed by atoms with van der Waals surface area (Å²) in [5.74, 6) is 0.825. The number of morpholine rings is 1. The number of fused-ring (bicyclic) bond motifs is 4. The van der Waals surface area contributed by atoms with Gasteiger partial charge in [-0.25, -0.2) is 13.1 Å². The number of aryl methyl sites for hydroxylation is 1. The topological polar surface area (TPSA) is 97.4 Å². The Morgan fingerprint density at radius 1 is 1.10 bits per heavy atom. The van der Waals surface area contributed by atoms with Gasteiger partial charge in [-0.3, -0.25) is 9.69 Å². The smallest absolute Gasteiger partial charge is 0.264 e. The summed E-state index contributed by atoms with van der Waals surface area (Å²) in [5.41, 5.74) is 3.47. The Kier molecular flexibility index (Phi) is 10.8. The molecule has 5 aliphatic rings. The average Bonchev–Trinajstić information content (AvgIpc) is 3.24. The van der Waals surface area contributed by atoms with Crippen LogP contribution in [0.4, 0.5) is 5.69 Å². The second kappa shape index (κ2) is 15.2. The van der Waals surface area contributed by atoms with Crippen LogP contribution in [-0.2, 0) is 31.3 Å². The van der Waals surface area contributed by atoms with Gasteiger partial charge in [-0.05, 0) is 104 Å². The highest BCUT2D eigenvalue weighted by Gasteiger charge is 2.44. The van der Waals surface area contributed by atoms with E-state index in [1.165, 1.54) is 11.1 Å². The zero-order chi connectivity index (χ0) is 34.9. The molecule has 0 unspecified atom stereocenters. The van der Waals surface area contributed by atoms with Gasteiger partial charge in [0.2, 0.25) is 10.0 Å². The van der Waals surface area contributed by atoms with E-state index in [1.807, 2.05) is 25.1 Å². The summed E-state index contributed by atoms with van der Waals surface area (Å²) >= 11 is 6.47. The molecule has 50 heavy (non-hydrogen) atoms. The lowest BCUT2D eigenvalue weighted by atomic mass is 9.68. The summed E-state index contributed by atoms with van der Waals surface area (Å²) < 4.78 is 48.5. The highest BCUT2D eigenvalue weighted by atomic mass is 35.5. The van der Waals surface area contributed by atoms with E-state index in [0.717, 1.165) is 94.5 Å². The number of ether oxygens (including phenoxy) is 3. The summed E-state index contributed by atoms with van der Waals surface area (Å²) in [6, 6.07) is 11.6. The van der Waals surface area contributed by atoms with Gasteiger partial charge in [0.1, 0.15) is 5.75 Å². The molecular formula is C39H52ClN3O6S. The molecule has 3 aliphatic heterocycles. The van der Waals surface area contributed by atoms with Crippen LogP contribution in [0.25, 0.3) is 0 Å². The molecule has 1 saturated heterocycles. The molecule has 1 saturated carbocycles. The highest BCUT2D eigenvalue weighted by molar-refractivity contribution is 7.90. The molecule has 0 radical (unpaired) electrons. The molecule has 9 nitrogen and oxygen atoms in total. The Balaban J connectivity index is 1.24. The van der Waals surface area contributed by atoms with Crippen molar-refractivity contribution in [3.63, 3.8) is 0 Å². The number of benzene rings is 2. The maximum Gasteiger partial charge on any atom is 0.264 e. The fourth-order valence-corrected chi connectivity index (χ4v) is 10.6. The minimum Gasteiger partial charge on any atom is -0.490 e. The Morgan fingerprint density at radius 2 is 1.94 bits per heavy atom. The molecule has 3 heterocycles. The maximum absolute atomic E-state index is 13.6. The predicted molar refractivity (Wildman–Crippen MR) is 197 cm³/mol. The third-order valence-corrected chi connectivity index (χ3v) is 14.0. The Morgan fingerprint density at radius 3 is 2.72 bits per heavy atom. The standard InChI is InChI=1S/C39H52ClN3O6S/c1-3-32-21-27(2)6-12-36(48-20-17-42-15-18-47-19-16-42)33-10-7-30(33)24-43-25-39(14-4-5-28-22-31(40)9-11-34(28)39)26-49-37-13-8-29(23-35(37)43)38(44)41-50(32,45)46/h6,8-9,11-13,22-23,27,30,32-33,36H,3-5,7,10,14-21,24-26H2,1-2H3,(H,41,44)/b12-6+/t27-,30+,32-,33-,36+,39+/m1/s1. The van der Waals surface area contributed by atoms with Gasteiger partial charge in [-0.15, -0.1) is 0 Å². The average molecular weight is 726 g/mol. The quantitative estimate of drug-likeness (QED) is 0.376. The SMILES string of the molecule is CC[C@@H]1C[C@H](C)/C=C/[C@H](OCCN2CCOCC2)[C@@H]2CC[C@H]2CN2C[C@@]3(CCCc4cc(Cl)ccc43)COc3ccc(cc32)C(=O)NS1(=O)=O. The van der Waals surface area contributed by atoms with Crippen molar-refractivity contribution in [1.82, 2.24) is 9.62 Å². The number of nitrogens with one attached hydrogen (secondary N) is 1. The molecule has 2 aliphatic carbocycles. The first-order valence-electron chi connectivity index (χ1n) is 18.6. The van der Waals surface area contributed by atoms with Gasteiger partial charge in [0.25, 0.3) is 5.91 Å². The fraction of sp³-hybridized carbons (Fsp3) is 0.615. The number of carbonyl (C=O) groups is 1. The Hall–Kier alpha value is -2.63. The van der Waals surface area contributed by atoms with Crippen LogP contribution in [0.15, 0.2) is 48.6 Å². The van der Waals surface area contributed by atoms with Crippen molar-refractivity contribution in [2.24, 2.45) is 17.8 Å². The lowest BCUT2D eigenvalue weighted by molar-refractivity contribution is -0.0315. The van der Waals surface area contributed by atoms with Crippen LogP contribution in [0.5, 0.6) is 5.75 Å². The number of amides is 1. The van der Waals surface area contributed by atoms with E-state index in [0.29, 0.717) is 43.5 Å². The number of hydrogen-bond donors (Lipinski definition) is 1. The number of carbonyl (C=O) groups excluding carboxylic acids is 1. The van der Waals surface area contributed by atoms with Gasteiger partial charge in [-0.2, -0.15) is 0 Å². The summed E-state index contributed by atoms with van der Waals surface area (Å²) in [7, 11) is -3.92. The number of anilines is 1. The molecule has 272 valence electrons. The van der Waals surface area contributed by atoms with Crippen molar-refractivity contribution in [2.75, 3.05) is 64.1 Å². The third-order valence-electron chi connectivity index (χ3n) is 11.9. The van der Waals surface area contributed by atoms with Crippen molar-refractivity contribution in [2.45, 2.75) is 75.6 Å². The van der Waals surface area contributed by atoms with Crippen molar-refractivity contribution < 1.29 is 27.4 Å². The van der Waals surface area contributed by atoms with Crippen molar-refractivity contribution >= 4 is 33.2 Å². The fourth-order valence-electron chi connectivity index (χ4n) is 8.83. The van der Waals surface area contributed by atoms with Crippen molar-refractivity contribution in [3.8, 4) is 5.75 Å². The molecule has 2 aromatic carbocycles. The number of rotatable bonds is 5. The van der Waals surface area contributed by atoms with E-state index in [1.54, 1.807) is 6.07 Å². The molecule has 6 atom stereocenters. The van der Waals surface area contributed by atoms with E-state index in [2.05, 4.69) is 45.7 Å². The molecular weight excluding hydrogens is 674 g/mol. The van der Waals surface area contributed by atoms with E-state index in [-0.39, 0.29) is 17.4 Å². The van der Waals surface area contributed by atoms with Crippen molar-refractivity contribution in [1.29, 1.82) is 0 Å². The summed E-state index contributed by atoms with van der Waals surface area (Å²) in [5, 5.41) is 0.0513. The zero-order valence-electron chi connectivity index (χ0n) is 29.4. The monoisotopic (exact) mass is 725 g/mol. The van der Waals surface area contributed by atoms with Crippen LogP contribution in [0.1, 0.15) is 73.9 Å². The van der Waals surface area contributed by atoms with Crippen LogP contribution < -0.4 is 14.4 Å². The normalized spacial score (nSPS) is 32.1. The van der Waals surface area contributed by atoms with Gasteiger partial charge < -0.3 is 19.1 Å². The summed E-state index contributed by atoms with van der Waals surface area (Å²) in [6.07, 6.45) is 10.3. The number of sulfonamides is 1. The third kappa shape index (κ3) is 7.61. The van der Waals surface area contributed by atoms with E-state index < -0.39 is 21.2 Å². The van der Waals surface area contributed by atoms with Gasteiger partial charge in [0.05, 0.1) is 43.5 Å². The Labute approximate surface area is 302 Å². The lowest BCUT2D eigenvalue weighted by Gasteiger charge is -2.46. The van der Waals surface area contributed by atoms with Gasteiger partial charge >= 0.3 is 0 Å². The molecule has 11 heteroatoms. The molecule has 1 N–H and O–H groups in total. The summed E-state index contributed by atoms with van der Waals surface area (Å²) in [4.78, 5) is 18.4. The van der Waals surface area contributed by atoms with Gasteiger partial charge in [0.15, 0.2) is 0 Å². The predicted octanol–water partition coefficient (Wildman–Crippen LogP) is 5.99. The first-order valence-corrected chi connectivity index (χ1v) is 20.5. The van der Waals surface area contributed by atoms with Crippen LogP contribution in [0, 0.1) is 17.8 Å². The summed E-state index contributed by atoms with van der Waals surface area (Å²) in [6.45, 7) is 10.8. The largest absolute Gasteiger partial charge is 0.490 e. The first-order chi connectivity index (χ1) is 24.1. The molecule has 2 bridgehead atoms. The number of nitrogens with zero attached hydrogens (tertiary/aromatic N) is 2. The molecule has 1 spiro atoms. The zero-order valence-corrected chi connectivity index (χ0v) is 31.0. The second-order valence-corrected chi connectivity index (χ2v) is 17.6. The highest BCUT2D eigenvalue weighted by Crippen LogP contribution is 2.47. The number of halogens is 1. The number of hydrogen-bond acceptors (Lipinski definition) is 8. The number of allylic oxidation sites excluding steroid dienone is 1. The van der Waals surface area contributed by atoms with E-state index in [9.17, 15) is 13.2 Å². The molecule has 2 aromatic rings.